The van der Waals surface area contributed by atoms with Crippen molar-refractivity contribution in [3.63, 3.8) is 0 Å². The smallest absolute Gasteiger partial charge is 0.0847 e. The molecule has 0 aliphatic rings. The second-order valence-electron chi connectivity index (χ2n) is 5.12. The highest BCUT2D eigenvalue weighted by atomic mass is 35.5. The minimum absolute atomic E-state index is 0.187. The Hall–Kier alpha value is -0.980. The van der Waals surface area contributed by atoms with Gasteiger partial charge >= 0.3 is 0 Å². The van der Waals surface area contributed by atoms with Gasteiger partial charge in [0.2, 0.25) is 0 Å². The van der Waals surface area contributed by atoms with Crippen molar-refractivity contribution < 1.29 is 0 Å². The van der Waals surface area contributed by atoms with Gasteiger partial charge in [-0.15, -0.1) is 5.10 Å². The Kier molecular flexibility index (Phi) is 5.72. The summed E-state index contributed by atoms with van der Waals surface area (Å²) in [5, 5.41) is 13.0. The van der Waals surface area contributed by atoms with Gasteiger partial charge in [-0.1, -0.05) is 29.9 Å². The maximum Gasteiger partial charge on any atom is 0.0847 e. The molecule has 0 radical (unpaired) electrons. The molecule has 0 amide bonds. The van der Waals surface area contributed by atoms with E-state index < -0.39 is 0 Å². The number of nitrogens with zero attached hydrogens (tertiary/aromatic N) is 4. The summed E-state index contributed by atoms with van der Waals surface area (Å²) in [4.78, 5) is 1.21. The van der Waals surface area contributed by atoms with Gasteiger partial charge in [0.1, 0.15) is 0 Å². The first kappa shape index (κ1) is 16.4. The third-order valence-corrected chi connectivity index (χ3v) is 4.91. The van der Waals surface area contributed by atoms with Gasteiger partial charge in [-0.25, -0.2) is 0 Å². The van der Waals surface area contributed by atoms with Crippen LogP contribution in [0.5, 0.6) is 0 Å². The molecular formula is C14H22ClN5S. The zero-order valence-corrected chi connectivity index (χ0v) is 14.6. The fraction of sp³-hybridized carbons (Fsp3) is 0.643. The van der Waals surface area contributed by atoms with Crippen LogP contribution in [0.25, 0.3) is 0 Å². The fourth-order valence-corrected chi connectivity index (χ4v) is 3.45. The fourth-order valence-electron chi connectivity index (χ4n) is 2.40. The van der Waals surface area contributed by atoms with E-state index >= 15 is 0 Å². The van der Waals surface area contributed by atoms with Gasteiger partial charge in [0.15, 0.2) is 0 Å². The summed E-state index contributed by atoms with van der Waals surface area (Å²) in [5.41, 5.74) is 3.00. The Bertz CT molecular complexity index is 592. The molecule has 5 nitrogen and oxygen atoms in total. The first-order valence-electron chi connectivity index (χ1n) is 7.30. The Morgan fingerprint density at radius 3 is 2.71 bits per heavy atom. The topological polar surface area (TPSA) is 55.6 Å². The van der Waals surface area contributed by atoms with Crippen LogP contribution in [0.2, 0.25) is 5.02 Å². The molecule has 2 aromatic rings. The van der Waals surface area contributed by atoms with Crippen LogP contribution < -0.4 is 5.32 Å². The Labute approximate surface area is 134 Å². The number of hydrogen-bond acceptors (Lipinski definition) is 5. The lowest BCUT2D eigenvalue weighted by atomic mass is 10.1. The molecule has 0 aliphatic carbocycles. The molecule has 0 saturated heterocycles. The number of hydrogen-bond donors (Lipinski definition) is 1. The summed E-state index contributed by atoms with van der Waals surface area (Å²) in [6.45, 7) is 7.17. The number of nitrogens with one attached hydrogen (secondary N) is 1. The van der Waals surface area contributed by atoms with Gasteiger partial charge < -0.3 is 5.32 Å². The van der Waals surface area contributed by atoms with Crippen LogP contribution in [-0.4, -0.2) is 25.9 Å². The lowest BCUT2D eigenvalue weighted by Crippen LogP contribution is -2.25. The Morgan fingerprint density at radius 1 is 1.38 bits per heavy atom. The predicted molar refractivity (Wildman–Crippen MR) is 87.0 cm³/mol. The maximum absolute atomic E-state index is 6.39. The molecule has 0 aliphatic heterocycles. The molecule has 0 bridgehead atoms. The summed E-state index contributed by atoms with van der Waals surface area (Å²) in [6.07, 6.45) is 2.78. The Balaban J connectivity index is 2.28. The average Bonchev–Trinajstić information content (AvgIpc) is 3.02. The van der Waals surface area contributed by atoms with Crippen LogP contribution in [0, 0.1) is 6.92 Å². The molecule has 7 heteroatoms. The molecular weight excluding hydrogens is 306 g/mol. The summed E-state index contributed by atoms with van der Waals surface area (Å²) in [5.74, 6) is 0. The van der Waals surface area contributed by atoms with Crippen molar-refractivity contribution in [1.29, 1.82) is 0 Å². The van der Waals surface area contributed by atoms with E-state index in [1.807, 2.05) is 18.7 Å². The van der Waals surface area contributed by atoms with Gasteiger partial charge in [-0.05, 0) is 37.8 Å². The second kappa shape index (κ2) is 7.33. The second-order valence-corrected chi connectivity index (χ2v) is 6.28. The van der Waals surface area contributed by atoms with E-state index in [0.29, 0.717) is 0 Å². The van der Waals surface area contributed by atoms with E-state index in [1.54, 1.807) is 0 Å². The zero-order valence-electron chi connectivity index (χ0n) is 13.0. The largest absolute Gasteiger partial charge is 0.309 e. The van der Waals surface area contributed by atoms with Gasteiger partial charge in [-0.3, -0.25) is 4.68 Å². The molecule has 0 spiro atoms. The van der Waals surface area contributed by atoms with E-state index in [1.165, 1.54) is 16.4 Å². The lowest BCUT2D eigenvalue weighted by molar-refractivity contribution is 0.515. The highest BCUT2D eigenvalue weighted by molar-refractivity contribution is 7.05. The summed E-state index contributed by atoms with van der Waals surface area (Å²) >= 11 is 7.86. The van der Waals surface area contributed by atoms with Crippen LogP contribution in [0.1, 0.15) is 48.3 Å². The van der Waals surface area contributed by atoms with E-state index in [2.05, 4.69) is 33.8 Å². The standard InChI is InChI=1S/C14H22ClN5S/c1-5-7-16-11(14-10(6-2)17-19-21-14)8-12-13(15)9(3)18-20(12)4/h11,16H,5-8H2,1-4H3. The summed E-state index contributed by atoms with van der Waals surface area (Å²) in [6, 6.07) is 0.187. The van der Waals surface area contributed by atoms with Crippen LogP contribution in [0.4, 0.5) is 0 Å². The maximum atomic E-state index is 6.39. The van der Waals surface area contributed by atoms with Crippen molar-refractivity contribution in [3.8, 4) is 0 Å². The van der Waals surface area contributed by atoms with Gasteiger partial charge in [0.05, 0.1) is 33.0 Å². The minimum atomic E-state index is 0.187. The molecule has 2 rings (SSSR count). The van der Waals surface area contributed by atoms with Crippen LogP contribution >= 0.6 is 23.1 Å². The molecule has 0 saturated carbocycles. The number of aryl methyl sites for hydroxylation is 3. The lowest BCUT2D eigenvalue weighted by Gasteiger charge is -2.18. The third kappa shape index (κ3) is 3.62. The zero-order chi connectivity index (χ0) is 15.4. The van der Waals surface area contributed by atoms with Crippen LogP contribution in [0.3, 0.4) is 0 Å². The molecule has 1 unspecified atom stereocenters. The van der Waals surface area contributed by atoms with Gasteiger partial charge in [0, 0.05) is 13.5 Å². The first-order chi connectivity index (χ1) is 10.1. The van der Waals surface area contributed by atoms with E-state index in [4.69, 9.17) is 11.6 Å². The molecule has 2 heterocycles. The predicted octanol–water partition coefficient (Wildman–Crippen LogP) is 3.08. The normalized spacial score (nSPS) is 12.8. The monoisotopic (exact) mass is 327 g/mol. The summed E-state index contributed by atoms with van der Waals surface area (Å²) in [7, 11) is 1.94. The Morgan fingerprint density at radius 2 is 2.14 bits per heavy atom. The van der Waals surface area contributed by atoms with Crippen molar-refractivity contribution in [1.82, 2.24) is 24.7 Å². The van der Waals surface area contributed by atoms with Crippen LogP contribution in [-0.2, 0) is 19.9 Å². The SMILES string of the molecule is CCCNC(Cc1c(Cl)c(C)nn1C)c1snnc1CC. The molecule has 21 heavy (non-hydrogen) atoms. The first-order valence-corrected chi connectivity index (χ1v) is 8.46. The molecule has 116 valence electrons. The van der Waals surface area contributed by atoms with E-state index in [-0.39, 0.29) is 6.04 Å². The molecule has 0 fully saturated rings. The van der Waals surface area contributed by atoms with Crippen molar-refractivity contribution in [3.05, 3.63) is 27.0 Å². The van der Waals surface area contributed by atoms with Crippen molar-refractivity contribution in [2.24, 2.45) is 7.05 Å². The highest BCUT2D eigenvalue weighted by Crippen LogP contribution is 2.28. The van der Waals surface area contributed by atoms with E-state index in [0.717, 1.165) is 47.9 Å². The van der Waals surface area contributed by atoms with Gasteiger partial charge in [-0.2, -0.15) is 5.10 Å². The van der Waals surface area contributed by atoms with Crippen molar-refractivity contribution in [2.75, 3.05) is 6.54 Å². The van der Waals surface area contributed by atoms with Crippen molar-refractivity contribution in [2.45, 2.75) is 46.1 Å². The molecule has 2 aromatic heterocycles. The average molecular weight is 328 g/mol. The summed E-state index contributed by atoms with van der Waals surface area (Å²) < 4.78 is 5.98. The van der Waals surface area contributed by atoms with Crippen LogP contribution in [0.15, 0.2) is 0 Å². The third-order valence-electron chi connectivity index (χ3n) is 3.54. The highest BCUT2D eigenvalue weighted by Gasteiger charge is 2.22. The molecule has 0 aromatic carbocycles. The van der Waals surface area contributed by atoms with Crippen molar-refractivity contribution >= 4 is 23.1 Å². The number of halogens is 1. The van der Waals surface area contributed by atoms with E-state index in [9.17, 15) is 0 Å². The number of aromatic nitrogens is 4. The number of rotatable bonds is 7. The minimum Gasteiger partial charge on any atom is -0.309 e. The van der Waals surface area contributed by atoms with Gasteiger partial charge in [0.25, 0.3) is 0 Å². The molecule has 1 atom stereocenters. The quantitative estimate of drug-likeness (QED) is 0.849. The molecule has 1 N–H and O–H groups in total.